The zero-order valence-electron chi connectivity index (χ0n) is 20.8. The van der Waals surface area contributed by atoms with E-state index in [0.29, 0.717) is 40.6 Å². The largest absolute Gasteiger partial charge is 0.505 e. The molecule has 0 spiro atoms. The summed E-state index contributed by atoms with van der Waals surface area (Å²) in [7, 11) is 6.81. The maximum Gasteiger partial charge on any atom is 0.295 e. The maximum atomic E-state index is 13.4. The smallest absolute Gasteiger partial charge is 0.295 e. The lowest BCUT2D eigenvalue weighted by atomic mass is 9.95. The van der Waals surface area contributed by atoms with Gasteiger partial charge in [0, 0.05) is 24.8 Å². The Bertz CT molecular complexity index is 1340. The number of aromatic nitrogens is 2. The van der Waals surface area contributed by atoms with Crippen molar-refractivity contribution in [2.24, 2.45) is 0 Å². The van der Waals surface area contributed by atoms with Crippen molar-refractivity contribution in [3.8, 4) is 11.5 Å². The highest BCUT2D eigenvalue weighted by atomic mass is 16.5. The molecule has 3 heterocycles. The summed E-state index contributed by atoms with van der Waals surface area (Å²) in [4.78, 5) is 34.7. The average molecular weight is 479 g/mol. The van der Waals surface area contributed by atoms with Crippen LogP contribution in [0.25, 0.3) is 11.4 Å². The zero-order chi connectivity index (χ0) is 25.4. The molecule has 0 unspecified atom stereocenters. The second-order valence-electron chi connectivity index (χ2n) is 8.81. The number of pyridine rings is 1. The van der Waals surface area contributed by atoms with E-state index in [0.717, 1.165) is 5.56 Å². The van der Waals surface area contributed by atoms with E-state index in [4.69, 9.17) is 9.47 Å². The number of nitrogens with zero attached hydrogens (tertiary/aromatic N) is 4. The number of benzene rings is 1. The molecule has 1 aliphatic heterocycles. The number of likely N-dealkylation sites (N-methyl/N-ethyl adjacent to an activating group) is 1. The van der Waals surface area contributed by atoms with Crippen LogP contribution in [-0.4, -0.2) is 77.4 Å². The van der Waals surface area contributed by atoms with Crippen molar-refractivity contribution < 1.29 is 24.2 Å². The van der Waals surface area contributed by atoms with Crippen LogP contribution in [0.5, 0.6) is 11.5 Å². The monoisotopic (exact) mass is 478 g/mol. The summed E-state index contributed by atoms with van der Waals surface area (Å²) in [5.41, 5.74) is 3.06. The van der Waals surface area contributed by atoms with E-state index in [9.17, 15) is 14.7 Å². The van der Waals surface area contributed by atoms with Crippen molar-refractivity contribution in [1.82, 2.24) is 19.2 Å². The zero-order valence-corrected chi connectivity index (χ0v) is 20.8. The van der Waals surface area contributed by atoms with E-state index in [2.05, 4.69) is 4.98 Å². The first-order valence-corrected chi connectivity index (χ1v) is 11.3. The molecule has 0 radical (unpaired) electrons. The van der Waals surface area contributed by atoms with E-state index < -0.39 is 17.7 Å². The molecule has 0 bridgehead atoms. The lowest BCUT2D eigenvalue weighted by molar-refractivity contribution is -0.140. The van der Waals surface area contributed by atoms with Gasteiger partial charge in [-0.25, -0.2) is 4.98 Å². The third-order valence-electron chi connectivity index (χ3n) is 6.30. The number of aliphatic hydroxyl groups is 1. The Hall–Kier alpha value is -3.85. The Balaban J connectivity index is 2.01. The number of imidazole rings is 1. The van der Waals surface area contributed by atoms with Gasteiger partial charge < -0.3 is 24.4 Å². The minimum Gasteiger partial charge on any atom is -0.505 e. The molecule has 0 saturated carbocycles. The second-order valence-corrected chi connectivity index (χ2v) is 8.81. The van der Waals surface area contributed by atoms with Crippen molar-refractivity contribution in [1.29, 1.82) is 0 Å². The van der Waals surface area contributed by atoms with Gasteiger partial charge >= 0.3 is 0 Å². The Kier molecular flexibility index (Phi) is 6.53. The number of Topliss-reactive ketones (excluding diaryl/α,β-unsaturated/α-hetero) is 1. The minimum atomic E-state index is -0.866. The first kappa shape index (κ1) is 24.3. The molecule has 4 rings (SSSR count). The van der Waals surface area contributed by atoms with Gasteiger partial charge in [-0.1, -0.05) is 18.2 Å². The third-order valence-corrected chi connectivity index (χ3v) is 6.30. The molecule has 1 aromatic carbocycles. The van der Waals surface area contributed by atoms with E-state index in [1.807, 2.05) is 38.1 Å². The van der Waals surface area contributed by atoms with Gasteiger partial charge in [0.1, 0.15) is 11.3 Å². The van der Waals surface area contributed by atoms with Crippen LogP contribution in [0.15, 0.2) is 42.1 Å². The summed E-state index contributed by atoms with van der Waals surface area (Å²) in [6.45, 7) is 4.51. The molecular formula is C26H30N4O5. The molecule has 1 N–H and O–H groups in total. The highest BCUT2D eigenvalue weighted by Gasteiger charge is 2.47. The summed E-state index contributed by atoms with van der Waals surface area (Å²) in [5, 5.41) is 11.6. The molecule has 1 aliphatic rings. The number of amides is 1. The Morgan fingerprint density at radius 3 is 2.51 bits per heavy atom. The number of methoxy groups -OCH3 is 2. The number of ketones is 1. The first-order chi connectivity index (χ1) is 16.7. The maximum absolute atomic E-state index is 13.4. The lowest BCUT2D eigenvalue weighted by Gasteiger charge is -2.28. The fraction of sp³-hybridized carbons (Fsp3) is 0.346. The number of fused-ring (bicyclic) bond motifs is 1. The van der Waals surface area contributed by atoms with Crippen LogP contribution in [0, 0.1) is 13.8 Å². The molecule has 3 aromatic rings. The summed E-state index contributed by atoms with van der Waals surface area (Å²) in [6, 6.07) is 8.19. The quantitative estimate of drug-likeness (QED) is 0.317. The van der Waals surface area contributed by atoms with Gasteiger partial charge in [0.2, 0.25) is 0 Å². The van der Waals surface area contributed by atoms with Crippen LogP contribution in [0.3, 0.4) is 0 Å². The van der Waals surface area contributed by atoms with Crippen molar-refractivity contribution in [2.45, 2.75) is 19.9 Å². The van der Waals surface area contributed by atoms with Gasteiger partial charge in [-0.3, -0.25) is 14.0 Å². The number of hydrogen-bond acceptors (Lipinski definition) is 7. The highest BCUT2D eigenvalue weighted by Crippen LogP contribution is 2.45. The van der Waals surface area contributed by atoms with Gasteiger partial charge in [-0.2, -0.15) is 0 Å². The summed E-state index contributed by atoms with van der Waals surface area (Å²) in [5.74, 6) is -0.844. The van der Waals surface area contributed by atoms with E-state index in [1.165, 1.54) is 19.1 Å². The number of para-hydroxylation sites is 1. The fourth-order valence-corrected chi connectivity index (χ4v) is 4.60. The van der Waals surface area contributed by atoms with Crippen LogP contribution in [0.4, 0.5) is 0 Å². The summed E-state index contributed by atoms with van der Waals surface area (Å²) < 4.78 is 12.9. The standard InChI is InChI=1S/C26H30N4O5/c1-15-9-8-12-29-20(16(2)27-25(15)29)22(31)19-21(17-10-7-11-18(34-5)24(17)35-6)30(14-13-28(3)4)26(33)23(19)32/h7-12,21,31H,13-14H2,1-6H3/b22-19+/t21-/m0/s1. The molecule has 184 valence electrons. The topological polar surface area (TPSA) is 96.6 Å². The average Bonchev–Trinajstić information content (AvgIpc) is 3.30. The van der Waals surface area contributed by atoms with Gasteiger partial charge in [0.05, 0.1) is 31.5 Å². The van der Waals surface area contributed by atoms with Gasteiger partial charge in [0.15, 0.2) is 17.3 Å². The molecule has 1 fully saturated rings. The normalized spacial score (nSPS) is 17.6. The van der Waals surface area contributed by atoms with Crippen molar-refractivity contribution in [3.63, 3.8) is 0 Å². The number of aliphatic hydroxyl groups excluding tert-OH is 1. The molecular weight excluding hydrogens is 448 g/mol. The Morgan fingerprint density at radius 2 is 1.86 bits per heavy atom. The molecule has 35 heavy (non-hydrogen) atoms. The molecule has 2 aromatic heterocycles. The van der Waals surface area contributed by atoms with Crippen molar-refractivity contribution in [3.05, 3.63) is 64.6 Å². The molecule has 1 amide bonds. The fourth-order valence-electron chi connectivity index (χ4n) is 4.60. The minimum absolute atomic E-state index is 0.00767. The number of likely N-dealkylation sites (tertiary alicyclic amines) is 1. The summed E-state index contributed by atoms with van der Waals surface area (Å²) in [6.07, 6.45) is 1.78. The van der Waals surface area contributed by atoms with Crippen LogP contribution < -0.4 is 9.47 Å². The number of ether oxygens (including phenoxy) is 2. The molecule has 1 atom stereocenters. The number of aryl methyl sites for hydroxylation is 2. The molecule has 9 nitrogen and oxygen atoms in total. The second kappa shape index (κ2) is 9.42. The summed E-state index contributed by atoms with van der Waals surface area (Å²) >= 11 is 0. The Morgan fingerprint density at radius 1 is 1.11 bits per heavy atom. The SMILES string of the molecule is COc1cccc([C@H]2/C(=C(\O)c3c(C)nc4c(C)cccn34)C(=O)C(=O)N2CCN(C)C)c1OC. The highest BCUT2D eigenvalue weighted by molar-refractivity contribution is 6.46. The predicted molar refractivity (Wildman–Crippen MR) is 132 cm³/mol. The number of rotatable bonds is 7. The molecule has 9 heteroatoms. The van der Waals surface area contributed by atoms with E-state index in [-0.39, 0.29) is 17.9 Å². The third kappa shape index (κ3) is 4.01. The Labute approximate surface area is 204 Å². The van der Waals surface area contributed by atoms with E-state index in [1.54, 1.807) is 35.7 Å². The van der Waals surface area contributed by atoms with E-state index >= 15 is 0 Å². The van der Waals surface area contributed by atoms with Crippen molar-refractivity contribution >= 4 is 23.1 Å². The number of carbonyl (C=O) groups excluding carboxylic acids is 2. The van der Waals surface area contributed by atoms with Crippen LogP contribution in [-0.2, 0) is 9.59 Å². The van der Waals surface area contributed by atoms with Gasteiger partial charge in [-0.15, -0.1) is 0 Å². The molecule has 1 saturated heterocycles. The van der Waals surface area contributed by atoms with Crippen LogP contribution in [0.2, 0.25) is 0 Å². The molecule has 0 aliphatic carbocycles. The number of carbonyl (C=O) groups is 2. The lowest BCUT2D eigenvalue weighted by Crippen LogP contribution is -2.35. The van der Waals surface area contributed by atoms with Gasteiger partial charge in [-0.05, 0) is 45.6 Å². The van der Waals surface area contributed by atoms with Gasteiger partial charge in [0.25, 0.3) is 11.7 Å². The number of hydrogen-bond donors (Lipinski definition) is 1. The predicted octanol–water partition coefficient (Wildman–Crippen LogP) is 2.95. The first-order valence-electron chi connectivity index (χ1n) is 11.3. The van der Waals surface area contributed by atoms with Crippen LogP contribution in [0.1, 0.15) is 28.6 Å². The van der Waals surface area contributed by atoms with Crippen LogP contribution >= 0.6 is 0 Å². The van der Waals surface area contributed by atoms with Crippen molar-refractivity contribution in [2.75, 3.05) is 41.4 Å².